The van der Waals surface area contributed by atoms with Gasteiger partial charge in [0.05, 0.1) is 5.92 Å². The van der Waals surface area contributed by atoms with Gasteiger partial charge in [0.25, 0.3) is 5.91 Å². The van der Waals surface area contributed by atoms with Crippen LogP contribution in [0.15, 0.2) is 24.3 Å². The van der Waals surface area contributed by atoms with E-state index in [1.54, 1.807) is 31.1 Å². The molecule has 5 nitrogen and oxygen atoms in total. The third-order valence-electron chi connectivity index (χ3n) is 3.23. The second-order valence-corrected chi connectivity index (χ2v) is 4.97. The Labute approximate surface area is 113 Å². The molecule has 0 aliphatic carbocycles. The van der Waals surface area contributed by atoms with Crippen LogP contribution in [0.3, 0.4) is 0 Å². The van der Waals surface area contributed by atoms with Crippen LogP contribution in [-0.2, 0) is 11.3 Å². The molecule has 2 rings (SSSR count). The maximum Gasteiger partial charge on any atom is 0.253 e. The van der Waals surface area contributed by atoms with Gasteiger partial charge in [0, 0.05) is 39.3 Å². The Bertz CT molecular complexity index is 464. The van der Waals surface area contributed by atoms with Crippen molar-refractivity contribution in [1.29, 1.82) is 0 Å². The van der Waals surface area contributed by atoms with Crippen LogP contribution in [0.1, 0.15) is 15.9 Å². The summed E-state index contributed by atoms with van der Waals surface area (Å²) in [5, 5.41) is 5.97. The van der Waals surface area contributed by atoms with Gasteiger partial charge in [-0.1, -0.05) is 12.1 Å². The van der Waals surface area contributed by atoms with Crippen LogP contribution in [0.25, 0.3) is 0 Å². The van der Waals surface area contributed by atoms with Gasteiger partial charge in [0.15, 0.2) is 0 Å². The zero-order chi connectivity index (χ0) is 13.8. The van der Waals surface area contributed by atoms with Gasteiger partial charge in [0.2, 0.25) is 5.91 Å². The molecule has 2 amide bonds. The molecule has 1 aromatic carbocycles. The van der Waals surface area contributed by atoms with Crippen LogP contribution in [0.4, 0.5) is 0 Å². The first-order valence-electron chi connectivity index (χ1n) is 6.37. The van der Waals surface area contributed by atoms with Crippen molar-refractivity contribution in [2.75, 3.05) is 27.2 Å². The van der Waals surface area contributed by atoms with Gasteiger partial charge in [-0.15, -0.1) is 0 Å². The van der Waals surface area contributed by atoms with Crippen LogP contribution in [0.2, 0.25) is 0 Å². The van der Waals surface area contributed by atoms with Crippen LogP contribution in [0.5, 0.6) is 0 Å². The number of carbonyl (C=O) groups is 2. The summed E-state index contributed by atoms with van der Waals surface area (Å²) in [5.74, 6) is 0.179. The van der Waals surface area contributed by atoms with Crippen LogP contribution < -0.4 is 10.6 Å². The van der Waals surface area contributed by atoms with Crippen LogP contribution in [-0.4, -0.2) is 43.9 Å². The van der Waals surface area contributed by atoms with Gasteiger partial charge in [-0.25, -0.2) is 0 Å². The number of carbonyl (C=O) groups excluding carboxylic acids is 2. The summed E-state index contributed by atoms with van der Waals surface area (Å²) in [6.07, 6.45) is 0. The molecule has 0 bridgehead atoms. The molecule has 0 aromatic heterocycles. The fourth-order valence-corrected chi connectivity index (χ4v) is 1.83. The maximum atomic E-state index is 11.7. The van der Waals surface area contributed by atoms with E-state index in [-0.39, 0.29) is 17.7 Å². The Balaban J connectivity index is 1.88. The van der Waals surface area contributed by atoms with Gasteiger partial charge in [-0.3, -0.25) is 9.59 Å². The topological polar surface area (TPSA) is 61.4 Å². The summed E-state index contributed by atoms with van der Waals surface area (Å²) in [5.41, 5.74) is 1.65. The molecular formula is C14H19N3O2. The van der Waals surface area contributed by atoms with E-state index in [2.05, 4.69) is 10.6 Å². The van der Waals surface area contributed by atoms with Gasteiger partial charge in [0.1, 0.15) is 0 Å². The highest BCUT2D eigenvalue weighted by atomic mass is 16.2. The van der Waals surface area contributed by atoms with Crippen molar-refractivity contribution in [3.05, 3.63) is 35.4 Å². The molecule has 1 aliphatic rings. The van der Waals surface area contributed by atoms with Crippen molar-refractivity contribution in [3.63, 3.8) is 0 Å². The lowest BCUT2D eigenvalue weighted by molar-refractivity contribution is -0.126. The summed E-state index contributed by atoms with van der Waals surface area (Å²) in [7, 11) is 3.45. The maximum absolute atomic E-state index is 11.7. The van der Waals surface area contributed by atoms with Gasteiger partial charge < -0.3 is 15.5 Å². The fraction of sp³-hybridized carbons (Fsp3) is 0.429. The Morgan fingerprint density at radius 1 is 1.26 bits per heavy atom. The third-order valence-corrected chi connectivity index (χ3v) is 3.23. The Morgan fingerprint density at radius 2 is 1.89 bits per heavy atom. The third kappa shape index (κ3) is 3.32. The molecule has 0 spiro atoms. The van der Waals surface area contributed by atoms with Crippen molar-refractivity contribution in [2.24, 2.45) is 5.92 Å². The predicted octanol–water partition coefficient (Wildman–Crippen LogP) is 0.224. The zero-order valence-electron chi connectivity index (χ0n) is 11.3. The summed E-state index contributed by atoms with van der Waals surface area (Å²) >= 11 is 0. The lowest BCUT2D eigenvalue weighted by Crippen LogP contribution is -2.50. The molecule has 2 N–H and O–H groups in total. The minimum Gasteiger partial charge on any atom is -0.352 e. The monoisotopic (exact) mass is 261 g/mol. The summed E-state index contributed by atoms with van der Waals surface area (Å²) < 4.78 is 0. The largest absolute Gasteiger partial charge is 0.352 e. The standard InChI is InChI=1S/C14H19N3O2/c1-17(2)14(19)11-5-3-10(4-6-11)7-16-13(18)12-8-15-9-12/h3-6,12,15H,7-9H2,1-2H3,(H,16,18). The Kier molecular flexibility index (Phi) is 4.16. The highest BCUT2D eigenvalue weighted by molar-refractivity contribution is 5.93. The SMILES string of the molecule is CN(C)C(=O)c1ccc(CNC(=O)C2CNC2)cc1. The Hall–Kier alpha value is -1.88. The van der Waals surface area contributed by atoms with Crippen LogP contribution in [0, 0.1) is 5.92 Å². The molecule has 1 heterocycles. The number of amides is 2. The summed E-state index contributed by atoms with van der Waals surface area (Å²) in [6, 6.07) is 7.32. The van der Waals surface area contributed by atoms with E-state index in [9.17, 15) is 9.59 Å². The highest BCUT2D eigenvalue weighted by Gasteiger charge is 2.24. The van der Waals surface area contributed by atoms with Crippen molar-refractivity contribution in [2.45, 2.75) is 6.54 Å². The van der Waals surface area contributed by atoms with Gasteiger partial charge in [-0.05, 0) is 17.7 Å². The number of benzene rings is 1. The number of nitrogens with zero attached hydrogens (tertiary/aromatic N) is 1. The molecule has 1 fully saturated rings. The quantitative estimate of drug-likeness (QED) is 0.815. The summed E-state index contributed by atoms with van der Waals surface area (Å²) in [6.45, 7) is 2.04. The molecule has 0 radical (unpaired) electrons. The van der Waals surface area contributed by atoms with Gasteiger partial charge >= 0.3 is 0 Å². The van der Waals surface area contributed by atoms with E-state index < -0.39 is 0 Å². The zero-order valence-corrected chi connectivity index (χ0v) is 11.3. The summed E-state index contributed by atoms with van der Waals surface area (Å²) in [4.78, 5) is 24.9. The Morgan fingerprint density at radius 3 is 2.37 bits per heavy atom. The first-order chi connectivity index (χ1) is 9.08. The molecule has 1 saturated heterocycles. The average molecular weight is 261 g/mol. The van der Waals surface area contributed by atoms with E-state index >= 15 is 0 Å². The smallest absolute Gasteiger partial charge is 0.253 e. The predicted molar refractivity (Wildman–Crippen MR) is 72.7 cm³/mol. The van der Waals surface area contributed by atoms with Crippen molar-refractivity contribution in [3.8, 4) is 0 Å². The molecule has 0 unspecified atom stereocenters. The minimum atomic E-state index is -0.0175. The molecule has 19 heavy (non-hydrogen) atoms. The first kappa shape index (κ1) is 13.5. The molecule has 102 valence electrons. The van der Waals surface area contributed by atoms with Crippen molar-refractivity contribution < 1.29 is 9.59 Å². The number of nitrogens with one attached hydrogen (secondary N) is 2. The second kappa shape index (κ2) is 5.84. The number of hydrogen-bond donors (Lipinski definition) is 2. The van der Waals surface area contributed by atoms with Crippen LogP contribution >= 0.6 is 0 Å². The molecule has 0 atom stereocenters. The molecule has 1 aliphatic heterocycles. The van der Waals surface area contributed by atoms with Crippen molar-refractivity contribution >= 4 is 11.8 Å². The van der Waals surface area contributed by atoms with E-state index in [1.165, 1.54) is 0 Å². The van der Waals surface area contributed by atoms with E-state index in [0.29, 0.717) is 12.1 Å². The molecular weight excluding hydrogens is 242 g/mol. The normalized spacial score (nSPS) is 14.6. The minimum absolute atomic E-state index is 0.0175. The van der Waals surface area contributed by atoms with E-state index in [0.717, 1.165) is 18.7 Å². The highest BCUT2D eigenvalue weighted by Crippen LogP contribution is 2.07. The van der Waals surface area contributed by atoms with E-state index in [4.69, 9.17) is 0 Å². The number of rotatable bonds is 4. The lowest BCUT2D eigenvalue weighted by Gasteiger charge is -2.25. The first-order valence-corrected chi connectivity index (χ1v) is 6.37. The average Bonchev–Trinajstić information content (AvgIpc) is 2.34. The van der Waals surface area contributed by atoms with Gasteiger partial charge in [-0.2, -0.15) is 0 Å². The van der Waals surface area contributed by atoms with E-state index in [1.807, 2.05) is 12.1 Å². The fourth-order valence-electron chi connectivity index (χ4n) is 1.83. The molecule has 1 aromatic rings. The molecule has 5 heteroatoms. The van der Waals surface area contributed by atoms with Crippen molar-refractivity contribution in [1.82, 2.24) is 15.5 Å². The lowest BCUT2D eigenvalue weighted by atomic mass is 10.0. The molecule has 0 saturated carbocycles. The second-order valence-electron chi connectivity index (χ2n) is 4.97. The number of hydrogen-bond acceptors (Lipinski definition) is 3.